The third kappa shape index (κ3) is 14.6. The van der Waals surface area contributed by atoms with Crippen LogP contribution in [0.1, 0.15) is 13.3 Å². The van der Waals surface area contributed by atoms with Gasteiger partial charge in [0.1, 0.15) is 0 Å². The minimum absolute atomic E-state index is 1.14. The van der Waals surface area contributed by atoms with Gasteiger partial charge in [-0.25, -0.2) is 5.01 Å². The SMILES string of the molecule is CCN1CCCN1.CN.CN.CN. The summed E-state index contributed by atoms with van der Waals surface area (Å²) in [6, 6.07) is 0. The first-order valence-electron chi connectivity index (χ1n) is 4.65. The molecule has 1 aliphatic heterocycles. The zero-order valence-electron chi connectivity index (χ0n) is 9.51. The molecule has 1 aliphatic rings. The second-order valence-corrected chi connectivity index (χ2v) is 1.84. The number of rotatable bonds is 1. The van der Waals surface area contributed by atoms with Crippen LogP contribution in [0.25, 0.3) is 0 Å². The highest BCUT2D eigenvalue weighted by molar-refractivity contribution is 4.57. The maximum atomic E-state index is 4.50. The average molecular weight is 193 g/mol. The molecule has 0 saturated carbocycles. The topological polar surface area (TPSA) is 93.3 Å². The fraction of sp³-hybridized carbons (Fsp3) is 1.00. The predicted molar refractivity (Wildman–Crippen MR) is 60.2 cm³/mol. The molecule has 1 saturated heterocycles. The van der Waals surface area contributed by atoms with Crippen LogP contribution in [0.5, 0.6) is 0 Å². The van der Waals surface area contributed by atoms with E-state index in [0.717, 1.165) is 6.54 Å². The van der Waals surface area contributed by atoms with Crippen LogP contribution in [0.15, 0.2) is 0 Å². The molecule has 1 heterocycles. The second-order valence-electron chi connectivity index (χ2n) is 1.84. The van der Waals surface area contributed by atoms with E-state index in [1.165, 1.54) is 40.7 Å². The molecule has 0 aliphatic carbocycles. The number of nitrogens with two attached hydrogens (primary N) is 3. The van der Waals surface area contributed by atoms with Crippen molar-refractivity contribution < 1.29 is 0 Å². The van der Waals surface area contributed by atoms with Crippen LogP contribution in [0.4, 0.5) is 0 Å². The number of hydrogen-bond donors (Lipinski definition) is 4. The van der Waals surface area contributed by atoms with E-state index in [9.17, 15) is 0 Å². The van der Waals surface area contributed by atoms with Gasteiger partial charge < -0.3 is 17.2 Å². The molecule has 7 N–H and O–H groups in total. The summed E-state index contributed by atoms with van der Waals surface area (Å²) in [5.41, 5.74) is 16.7. The predicted octanol–water partition coefficient (Wildman–Crippen LogP) is -1.06. The summed E-state index contributed by atoms with van der Waals surface area (Å²) >= 11 is 0. The number of hydrogen-bond acceptors (Lipinski definition) is 5. The van der Waals surface area contributed by atoms with Gasteiger partial charge in [0.15, 0.2) is 0 Å². The van der Waals surface area contributed by atoms with Crippen LogP contribution >= 0.6 is 0 Å². The van der Waals surface area contributed by atoms with Gasteiger partial charge in [0.05, 0.1) is 0 Å². The van der Waals surface area contributed by atoms with E-state index in [2.05, 4.69) is 34.6 Å². The number of nitrogens with zero attached hydrogens (tertiary/aromatic N) is 1. The molecule has 0 amide bonds. The van der Waals surface area contributed by atoms with Crippen molar-refractivity contribution in [2.75, 3.05) is 40.8 Å². The summed E-state index contributed by atoms with van der Waals surface area (Å²) in [5, 5.41) is 2.24. The first-order chi connectivity index (χ1) is 6.43. The summed E-state index contributed by atoms with van der Waals surface area (Å²) in [6.07, 6.45) is 1.31. The van der Waals surface area contributed by atoms with Crippen molar-refractivity contribution in [2.45, 2.75) is 13.3 Å². The van der Waals surface area contributed by atoms with Gasteiger partial charge in [0, 0.05) is 19.6 Å². The van der Waals surface area contributed by atoms with Crippen LogP contribution in [-0.2, 0) is 0 Å². The monoisotopic (exact) mass is 193 g/mol. The zero-order valence-corrected chi connectivity index (χ0v) is 9.51. The molecule has 0 spiro atoms. The minimum Gasteiger partial charge on any atom is -0.333 e. The van der Waals surface area contributed by atoms with Gasteiger partial charge in [-0.1, -0.05) is 6.92 Å². The molecule has 0 radical (unpaired) electrons. The van der Waals surface area contributed by atoms with E-state index in [0.29, 0.717) is 0 Å². The Morgan fingerprint density at radius 1 is 1.08 bits per heavy atom. The quantitative estimate of drug-likeness (QED) is 0.426. The van der Waals surface area contributed by atoms with Crippen molar-refractivity contribution in [1.29, 1.82) is 0 Å². The van der Waals surface area contributed by atoms with Crippen LogP contribution in [0, 0.1) is 0 Å². The van der Waals surface area contributed by atoms with Crippen LogP contribution < -0.4 is 22.6 Å². The molecule has 0 bridgehead atoms. The Kier molecular flexibility index (Phi) is 32.3. The summed E-state index contributed by atoms with van der Waals surface area (Å²) < 4.78 is 0. The van der Waals surface area contributed by atoms with Crippen molar-refractivity contribution >= 4 is 0 Å². The van der Waals surface area contributed by atoms with Crippen molar-refractivity contribution in [3.63, 3.8) is 0 Å². The van der Waals surface area contributed by atoms with Crippen LogP contribution in [0.3, 0.4) is 0 Å². The lowest BCUT2D eigenvalue weighted by Crippen LogP contribution is -2.29. The zero-order chi connectivity index (χ0) is 11.1. The van der Waals surface area contributed by atoms with Gasteiger partial charge in [0.25, 0.3) is 0 Å². The summed E-state index contributed by atoms with van der Waals surface area (Å²) in [6.45, 7) is 5.71. The van der Waals surface area contributed by atoms with Gasteiger partial charge in [-0.2, -0.15) is 0 Å². The molecule has 1 rings (SSSR count). The highest BCUT2D eigenvalue weighted by atomic mass is 15.5. The molecular formula is C8H27N5. The van der Waals surface area contributed by atoms with E-state index in [-0.39, 0.29) is 0 Å². The van der Waals surface area contributed by atoms with Gasteiger partial charge >= 0.3 is 0 Å². The normalized spacial score (nSPS) is 14.1. The molecule has 0 unspecified atom stereocenters. The maximum absolute atomic E-state index is 4.50. The molecular weight excluding hydrogens is 166 g/mol. The lowest BCUT2D eigenvalue weighted by Gasteiger charge is -2.09. The van der Waals surface area contributed by atoms with Crippen LogP contribution in [-0.4, -0.2) is 45.8 Å². The van der Waals surface area contributed by atoms with Crippen molar-refractivity contribution in [3.05, 3.63) is 0 Å². The Balaban J connectivity index is -0.000000144. The smallest absolute Gasteiger partial charge is 0.0143 e. The third-order valence-corrected chi connectivity index (χ3v) is 1.32. The Morgan fingerprint density at radius 2 is 1.54 bits per heavy atom. The first kappa shape index (κ1) is 18.6. The fourth-order valence-corrected chi connectivity index (χ4v) is 0.856. The summed E-state index contributed by atoms with van der Waals surface area (Å²) in [7, 11) is 4.50. The lowest BCUT2D eigenvalue weighted by molar-refractivity contribution is 0.268. The average Bonchev–Trinajstić information content (AvgIpc) is 2.79. The first-order valence-corrected chi connectivity index (χ1v) is 4.65. The van der Waals surface area contributed by atoms with Gasteiger partial charge in [-0.15, -0.1) is 0 Å². The second kappa shape index (κ2) is 22.6. The van der Waals surface area contributed by atoms with E-state index in [4.69, 9.17) is 0 Å². The summed E-state index contributed by atoms with van der Waals surface area (Å²) in [5.74, 6) is 0. The van der Waals surface area contributed by atoms with Crippen LogP contribution in [0.2, 0.25) is 0 Å². The fourth-order valence-electron chi connectivity index (χ4n) is 0.856. The Hall–Kier alpha value is -0.200. The Bertz CT molecular complexity index is 54.5. The van der Waals surface area contributed by atoms with Crippen molar-refractivity contribution in [3.8, 4) is 0 Å². The molecule has 0 aromatic rings. The highest BCUT2D eigenvalue weighted by Gasteiger charge is 2.05. The Morgan fingerprint density at radius 3 is 1.69 bits per heavy atom. The maximum Gasteiger partial charge on any atom is 0.0143 e. The molecule has 13 heavy (non-hydrogen) atoms. The highest BCUT2D eigenvalue weighted by Crippen LogP contribution is 1.92. The van der Waals surface area contributed by atoms with Gasteiger partial charge in [-0.05, 0) is 27.6 Å². The molecule has 5 heteroatoms. The van der Waals surface area contributed by atoms with Gasteiger partial charge in [0.2, 0.25) is 0 Å². The molecule has 5 nitrogen and oxygen atoms in total. The minimum atomic E-state index is 1.14. The lowest BCUT2D eigenvalue weighted by atomic mass is 10.5. The summed E-state index contributed by atoms with van der Waals surface area (Å²) in [4.78, 5) is 0. The third-order valence-electron chi connectivity index (χ3n) is 1.32. The number of hydrazine groups is 1. The van der Waals surface area contributed by atoms with E-state index >= 15 is 0 Å². The molecule has 0 aromatic carbocycles. The van der Waals surface area contributed by atoms with E-state index in [1.54, 1.807) is 0 Å². The van der Waals surface area contributed by atoms with Crippen molar-refractivity contribution in [2.24, 2.45) is 17.2 Å². The molecule has 0 atom stereocenters. The van der Waals surface area contributed by atoms with E-state index in [1.807, 2.05) is 0 Å². The number of nitrogens with one attached hydrogen (secondary N) is 1. The molecule has 1 fully saturated rings. The molecule has 0 aromatic heterocycles. The largest absolute Gasteiger partial charge is 0.333 e. The standard InChI is InChI=1S/C5H12N2.3CH5N/c1-2-7-5-3-4-6-7;3*1-2/h6H,2-5H2,1H3;3*2H2,1H3. The molecule has 84 valence electrons. The van der Waals surface area contributed by atoms with Crippen molar-refractivity contribution in [1.82, 2.24) is 10.4 Å². The van der Waals surface area contributed by atoms with Gasteiger partial charge in [-0.3, -0.25) is 5.43 Å². The van der Waals surface area contributed by atoms with E-state index < -0.39 is 0 Å². The Labute approximate surface area is 82.6 Å².